The quantitative estimate of drug-likeness (QED) is 0.158. The van der Waals surface area contributed by atoms with Gasteiger partial charge in [0.1, 0.15) is 23.0 Å². The van der Waals surface area contributed by atoms with Crippen molar-refractivity contribution < 1.29 is 34.0 Å². The Labute approximate surface area is 281 Å². The third-order valence-electron chi connectivity index (χ3n) is 7.37. The van der Waals surface area contributed by atoms with Crippen LogP contribution in [0.3, 0.4) is 0 Å². The molecule has 0 aliphatic heterocycles. The molecule has 4 aromatic carbocycles. The molecule has 0 radical (unpaired) electrons. The first-order chi connectivity index (χ1) is 22.4. The summed E-state index contributed by atoms with van der Waals surface area (Å²) in [7, 11) is 6.56. The summed E-state index contributed by atoms with van der Waals surface area (Å²) in [4.78, 5) is 10.6. The third kappa shape index (κ3) is 15.1. The summed E-state index contributed by atoms with van der Waals surface area (Å²) < 4.78 is 20.0. The van der Waals surface area contributed by atoms with E-state index in [1.165, 1.54) is 5.56 Å². The van der Waals surface area contributed by atoms with E-state index in [-0.39, 0.29) is 18.6 Å². The average molecular weight is 648 g/mol. The van der Waals surface area contributed by atoms with Crippen LogP contribution in [0.1, 0.15) is 80.7 Å². The van der Waals surface area contributed by atoms with Gasteiger partial charge in [-0.3, -0.25) is 4.79 Å². The van der Waals surface area contributed by atoms with Crippen LogP contribution in [0.5, 0.6) is 23.0 Å². The lowest BCUT2D eigenvalue weighted by Gasteiger charge is -2.08. The van der Waals surface area contributed by atoms with Crippen LogP contribution in [-0.4, -0.2) is 51.2 Å². The summed E-state index contributed by atoms with van der Waals surface area (Å²) in [5, 5.41) is 17.6. The van der Waals surface area contributed by atoms with Crippen molar-refractivity contribution in [3.8, 4) is 23.0 Å². The molecular weight excluding hydrogens is 594 g/mol. The highest BCUT2D eigenvalue weighted by Crippen LogP contribution is 2.20. The van der Waals surface area contributed by atoms with Gasteiger partial charge in [0.25, 0.3) is 0 Å². The molecule has 0 aliphatic rings. The maximum absolute atomic E-state index is 10.6. The van der Waals surface area contributed by atoms with E-state index in [4.69, 9.17) is 34.9 Å². The molecule has 4 rings (SSSR count). The molecule has 0 fully saturated rings. The number of methoxy groups -OCH3 is 4. The van der Waals surface area contributed by atoms with Crippen molar-refractivity contribution in [2.24, 2.45) is 5.73 Å². The minimum atomic E-state index is -0.815. The van der Waals surface area contributed by atoms with E-state index < -0.39 is 11.9 Å². The van der Waals surface area contributed by atoms with E-state index in [0.717, 1.165) is 39.7 Å². The highest BCUT2D eigenvalue weighted by atomic mass is 16.5. The van der Waals surface area contributed by atoms with Gasteiger partial charge >= 0.3 is 5.97 Å². The van der Waals surface area contributed by atoms with Crippen molar-refractivity contribution in [1.29, 1.82) is 0 Å². The van der Waals surface area contributed by atoms with Crippen molar-refractivity contribution >= 4 is 5.97 Å². The number of carboxylic acids is 1. The maximum atomic E-state index is 10.6. The number of carbonyl (C=O) groups is 1. The number of aliphatic carboxylic acids is 1. The van der Waals surface area contributed by atoms with Crippen LogP contribution in [0.25, 0.3) is 0 Å². The van der Waals surface area contributed by atoms with Crippen molar-refractivity contribution in [2.75, 3.05) is 35.0 Å². The molecule has 0 spiro atoms. The van der Waals surface area contributed by atoms with Crippen LogP contribution < -0.4 is 24.7 Å². The molecule has 256 valence electrons. The van der Waals surface area contributed by atoms with Gasteiger partial charge in [0.15, 0.2) is 0 Å². The van der Waals surface area contributed by atoms with Crippen LogP contribution in [0.15, 0.2) is 97.1 Å². The van der Waals surface area contributed by atoms with Crippen molar-refractivity contribution in [2.45, 2.75) is 58.4 Å². The van der Waals surface area contributed by atoms with Gasteiger partial charge in [0.05, 0.1) is 34.4 Å². The SMILES string of the molecule is COc1ccc(C(C)C)cc1.COc1ccc([C@@H](C)N)cc1.COc1ccc([C@H](C)C(=O)O)cc1.COc1ccc([C@H](C)CO)cc1. The number of nitrogens with two attached hydrogens (primary N) is 1. The summed E-state index contributed by atoms with van der Waals surface area (Å²) in [5.74, 6) is 2.90. The second-order valence-electron chi connectivity index (χ2n) is 11.2. The molecule has 0 saturated heterocycles. The van der Waals surface area contributed by atoms with Crippen LogP contribution in [0, 0.1) is 0 Å². The predicted molar refractivity (Wildman–Crippen MR) is 190 cm³/mol. The molecule has 8 nitrogen and oxygen atoms in total. The minimum Gasteiger partial charge on any atom is -0.497 e. The Balaban J connectivity index is 0.000000314. The molecule has 0 heterocycles. The Morgan fingerprint density at radius 2 is 0.851 bits per heavy atom. The number of aliphatic hydroxyl groups excluding tert-OH is 1. The van der Waals surface area contributed by atoms with Crippen LogP contribution in [0.4, 0.5) is 0 Å². The zero-order chi connectivity index (χ0) is 35.4. The average Bonchev–Trinajstić information content (AvgIpc) is 3.11. The normalized spacial score (nSPS) is 11.9. The zero-order valence-electron chi connectivity index (χ0n) is 29.3. The van der Waals surface area contributed by atoms with Gasteiger partial charge in [0.2, 0.25) is 0 Å². The molecule has 0 saturated carbocycles. The Bertz CT molecular complexity index is 1330. The Morgan fingerprint density at radius 1 is 0.553 bits per heavy atom. The topological polar surface area (TPSA) is 120 Å². The second kappa shape index (κ2) is 22.1. The van der Waals surface area contributed by atoms with Crippen LogP contribution in [0.2, 0.25) is 0 Å². The van der Waals surface area contributed by atoms with Gasteiger partial charge in [0, 0.05) is 18.6 Å². The van der Waals surface area contributed by atoms with Crippen molar-refractivity contribution in [1.82, 2.24) is 0 Å². The lowest BCUT2D eigenvalue weighted by atomic mass is 10.0. The van der Waals surface area contributed by atoms with E-state index in [0.29, 0.717) is 5.92 Å². The number of aliphatic hydroxyl groups is 1. The molecule has 4 N–H and O–H groups in total. The molecule has 0 unspecified atom stereocenters. The highest BCUT2D eigenvalue weighted by Gasteiger charge is 2.12. The second-order valence-corrected chi connectivity index (χ2v) is 11.2. The Kier molecular flexibility index (Phi) is 19.0. The number of ether oxygens (including phenoxy) is 4. The third-order valence-corrected chi connectivity index (χ3v) is 7.37. The van der Waals surface area contributed by atoms with E-state index in [2.05, 4.69) is 26.0 Å². The molecule has 0 aromatic heterocycles. The maximum Gasteiger partial charge on any atom is 0.310 e. The zero-order valence-corrected chi connectivity index (χ0v) is 29.3. The first-order valence-electron chi connectivity index (χ1n) is 15.6. The number of carboxylic acid groups (broad SMARTS) is 1. The Morgan fingerprint density at radius 3 is 1.11 bits per heavy atom. The van der Waals surface area contributed by atoms with E-state index >= 15 is 0 Å². The van der Waals surface area contributed by atoms with Crippen LogP contribution >= 0.6 is 0 Å². The van der Waals surface area contributed by atoms with E-state index in [1.54, 1.807) is 59.6 Å². The molecule has 8 heteroatoms. The van der Waals surface area contributed by atoms with Gasteiger partial charge in [-0.25, -0.2) is 0 Å². The standard InChI is InChI=1S/C10H12O3.C10H14O2.C10H14O.C9H13NO/c1-7(10(11)12)8-3-5-9(13-2)6-4-8;1-8(7-11)9-3-5-10(12-2)6-4-9;1-8(2)9-4-6-10(11-3)7-5-9;1-7(10)8-3-5-9(11-2)6-4-8/h3-7H,1-2H3,(H,11,12);3-6,8,11H,7H2,1-2H3;4-8H,1-3H3;3-7H,10H2,1-2H3/t7-;8-;;7-/m01.1/s1. The molecule has 4 aromatic rings. The van der Waals surface area contributed by atoms with E-state index in [1.807, 2.05) is 74.5 Å². The number of rotatable bonds is 10. The summed E-state index contributed by atoms with van der Waals surface area (Å²) in [6, 6.07) is 30.9. The van der Waals surface area contributed by atoms with Gasteiger partial charge in [-0.2, -0.15) is 0 Å². The molecule has 0 bridgehead atoms. The lowest BCUT2D eigenvalue weighted by molar-refractivity contribution is -0.138. The fourth-order valence-electron chi connectivity index (χ4n) is 3.97. The molecule has 0 amide bonds. The Hall–Kier alpha value is -4.53. The number of benzene rings is 4. The van der Waals surface area contributed by atoms with Crippen molar-refractivity contribution in [3.05, 3.63) is 119 Å². The first-order valence-corrected chi connectivity index (χ1v) is 15.6. The van der Waals surface area contributed by atoms with Crippen molar-refractivity contribution in [3.63, 3.8) is 0 Å². The predicted octanol–water partition coefficient (Wildman–Crippen LogP) is 8.21. The van der Waals surface area contributed by atoms with E-state index in [9.17, 15) is 4.79 Å². The summed E-state index contributed by atoms with van der Waals surface area (Å²) >= 11 is 0. The summed E-state index contributed by atoms with van der Waals surface area (Å²) in [6.45, 7) is 10.2. The molecule has 0 aliphatic carbocycles. The molecule has 3 atom stereocenters. The van der Waals surface area contributed by atoms with Gasteiger partial charge in [-0.05, 0) is 90.6 Å². The number of hydrogen-bond acceptors (Lipinski definition) is 7. The van der Waals surface area contributed by atoms with Gasteiger partial charge in [-0.15, -0.1) is 0 Å². The fraction of sp³-hybridized carbons (Fsp3) is 0.359. The monoisotopic (exact) mass is 647 g/mol. The minimum absolute atomic E-state index is 0.0981. The summed E-state index contributed by atoms with van der Waals surface area (Å²) in [5.41, 5.74) is 10.1. The number of hydrogen-bond donors (Lipinski definition) is 3. The lowest BCUT2D eigenvalue weighted by Crippen LogP contribution is -2.06. The highest BCUT2D eigenvalue weighted by molar-refractivity contribution is 5.75. The molecular formula is C39H53NO7. The smallest absolute Gasteiger partial charge is 0.310 e. The molecule has 47 heavy (non-hydrogen) atoms. The van der Waals surface area contributed by atoms with Gasteiger partial charge < -0.3 is 34.9 Å². The fourth-order valence-corrected chi connectivity index (χ4v) is 3.97. The summed E-state index contributed by atoms with van der Waals surface area (Å²) in [6.07, 6.45) is 0. The van der Waals surface area contributed by atoms with Gasteiger partial charge in [-0.1, -0.05) is 69.3 Å². The van der Waals surface area contributed by atoms with Crippen LogP contribution in [-0.2, 0) is 4.79 Å². The largest absolute Gasteiger partial charge is 0.497 e. The first kappa shape index (κ1) is 40.5.